The number of allylic oxidation sites excluding steroid dienone is 2. The minimum absolute atomic E-state index is 0.762. The molecule has 0 saturated heterocycles. The SMILES string of the molecule is CC(=CCc1ccc(C)cc1)CCCC(C)Cc1ccc(C)cc1. The second-order valence-corrected chi connectivity index (χ2v) is 7.43. The third kappa shape index (κ3) is 6.74. The van der Waals surface area contributed by atoms with E-state index in [4.69, 9.17) is 0 Å². The molecule has 2 aromatic rings. The van der Waals surface area contributed by atoms with Crippen molar-refractivity contribution in [1.29, 1.82) is 0 Å². The van der Waals surface area contributed by atoms with Crippen LogP contribution >= 0.6 is 0 Å². The van der Waals surface area contributed by atoms with Crippen molar-refractivity contribution >= 4 is 0 Å². The van der Waals surface area contributed by atoms with E-state index in [0.717, 1.165) is 12.3 Å². The molecule has 0 amide bonds. The Hall–Kier alpha value is -1.82. The fourth-order valence-electron chi connectivity index (χ4n) is 3.08. The topological polar surface area (TPSA) is 0 Å². The number of hydrogen-bond acceptors (Lipinski definition) is 0. The van der Waals surface area contributed by atoms with Crippen LogP contribution < -0.4 is 0 Å². The minimum atomic E-state index is 0.762. The molecule has 0 saturated carbocycles. The molecule has 0 heteroatoms. The molecule has 0 radical (unpaired) electrons. The summed E-state index contributed by atoms with van der Waals surface area (Å²) in [6, 6.07) is 17.9. The molecule has 1 unspecified atom stereocenters. The highest BCUT2D eigenvalue weighted by Crippen LogP contribution is 2.18. The van der Waals surface area contributed by atoms with Crippen LogP contribution in [0.2, 0.25) is 0 Å². The highest BCUT2D eigenvalue weighted by Gasteiger charge is 2.04. The van der Waals surface area contributed by atoms with E-state index in [-0.39, 0.29) is 0 Å². The van der Waals surface area contributed by atoms with Crippen molar-refractivity contribution in [2.75, 3.05) is 0 Å². The van der Waals surface area contributed by atoms with Crippen LogP contribution in [0.25, 0.3) is 0 Å². The van der Waals surface area contributed by atoms with E-state index < -0.39 is 0 Å². The van der Waals surface area contributed by atoms with Crippen LogP contribution in [0, 0.1) is 19.8 Å². The molecule has 128 valence electrons. The van der Waals surface area contributed by atoms with Gasteiger partial charge in [-0.25, -0.2) is 0 Å². The van der Waals surface area contributed by atoms with Gasteiger partial charge in [0.15, 0.2) is 0 Å². The molecule has 0 aromatic heterocycles. The zero-order valence-corrected chi connectivity index (χ0v) is 15.8. The van der Waals surface area contributed by atoms with E-state index in [1.807, 2.05) is 0 Å². The summed E-state index contributed by atoms with van der Waals surface area (Å²) in [5, 5.41) is 0. The van der Waals surface area contributed by atoms with Crippen molar-refractivity contribution in [3.05, 3.63) is 82.4 Å². The first-order valence-corrected chi connectivity index (χ1v) is 9.29. The molecule has 0 spiro atoms. The second-order valence-electron chi connectivity index (χ2n) is 7.43. The maximum absolute atomic E-state index is 2.40. The molecule has 0 N–H and O–H groups in total. The lowest BCUT2D eigenvalue weighted by molar-refractivity contribution is 0.507. The molecule has 2 aromatic carbocycles. The summed E-state index contributed by atoms with van der Waals surface area (Å²) in [5.41, 5.74) is 7.09. The van der Waals surface area contributed by atoms with Gasteiger partial charge in [0.05, 0.1) is 0 Å². The van der Waals surface area contributed by atoms with Crippen molar-refractivity contribution in [3.8, 4) is 0 Å². The molecule has 0 aliphatic carbocycles. The van der Waals surface area contributed by atoms with Crippen LogP contribution in [0.15, 0.2) is 60.2 Å². The first kappa shape index (κ1) is 18.5. The van der Waals surface area contributed by atoms with Gasteiger partial charge in [-0.05, 0) is 63.5 Å². The molecular formula is C24H32. The minimum Gasteiger partial charge on any atom is -0.0812 e. The summed E-state index contributed by atoms with van der Waals surface area (Å²) in [7, 11) is 0. The van der Waals surface area contributed by atoms with Gasteiger partial charge in [0.2, 0.25) is 0 Å². The fourth-order valence-corrected chi connectivity index (χ4v) is 3.08. The quantitative estimate of drug-likeness (QED) is 0.467. The molecule has 0 aliphatic rings. The predicted octanol–water partition coefficient (Wildman–Crippen LogP) is 6.84. The first-order chi connectivity index (χ1) is 11.5. The number of rotatable bonds is 8. The number of hydrogen-bond donors (Lipinski definition) is 0. The molecule has 1 atom stereocenters. The van der Waals surface area contributed by atoms with Crippen molar-refractivity contribution in [1.82, 2.24) is 0 Å². The normalized spacial score (nSPS) is 13.1. The predicted molar refractivity (Wildman–Crippen MR) is 107 cm³/mol. The largest absolute Gasteiger partial charge is 0.0812 e. The van der Waals surface area contributed by atoms with Crippen LogP contribution in [0.1, 0.15) is 55.4 Å². The summed E-state index contributed by atoms with van der Waals surface area (Å²) in [6.07, 6.45) is 8.49. The number of benzene rings is 2. The highest BCUT2D eigenvalue weighted by molar-refractivity contribution is 5.24. The molecule has 0 aliphatic heterocycles. The maximum Gasteiger partial charge on any atom is -0.00949 e. The molecule has 2 rings (SSSR count). The third-order valence-corrected chi connectivity index (χ3v) is 4.78. The standard InChI is InChI=1S/C24H32/c1-19(8-13-23-14-9-20(2)10-15-23)6-5-7-22(4)18-24-16-11-21(3)12-17-24/h8-12,14-17,22H,5-7,13,18H2,1-4H3. The Bertz CT molecular complexity index is 629. The van der Waals surface area contributed by atoms with Crippen molar-refractivity contribution < 1.29 is 0 Å². The average molecular weight is 321 g/mol. The van der Waals surface area contributed by atoms with Gasteiger partial charge in [-0.1, -0.05) is 84.7 Å². The van der Waals surface area contributed by atoms with Gasteiger partial charge < -0.3 is 0 Å². The van der Waals surface area contributed by atoms with Gasteiger partial charge >= 0.3 is 0 Å². The van der Waals surface area contributed by atoms with E-state index in [2.05, 4.69) is 82.3 Å². The van der Waals surface area contributed by atoms with E-state index in [1.54, 1.807) is 0 Å². The molecule has 0 bridgehead atoms. The first-order valence-electron chi connectivity index (χ1n) is 9.29. The van der Waals surface area contributed by atoms with Crippen LogP contribution in [0.3, 0.4) is 0 Å². The van der Waals surface area contributed by atoms with Gasteiger partial charge in [0.1, 0.15) is 0 Å². The Kier molecular flexibility index (Phi) is 7.31. The Morgan fingerprint density at radius 3 is 2.00 bits per heavy atom. The summed E-state index contributed by atoms with van der Waals surface area (Å²) in [6.45, 7) is 8.95. The van der Waals surface area contributed by atoms with Crippen LogP contribution in [-0.4, -0.2) is 0 Å². The molecule has 0 heterocycles. The van der Waals surface area contributed by atoms with Crippen LogP contribution in [0.5, 0.6) is 0 Å². The number of aryl methyl sites for hydroxylation is 2. The Morgan fingerprint density at radius 2 is 1.42 bits per heavy atom. The van der Waals surface area contributed by atoms with Gasteiger partial charge in [-0.3, -0.25) is 0 Å². The summed E-state index contributed by atoms with van der Waals surface area (Å²) < 4.78 is 0. The Morgan fingerprint density at radius 1 is 0.875 bits per heavy atom. The zero-order valence-electron chi connectivity index (χ0n) is 15.8. The zero-order chi connectivity index (χ0) is 17.4. The van der Waals surface area contributed by atoms with Crippen molar-refractivity contribution in [2.45, 2.75) is 59.8 Å². The summed E-state index contributed by atoms with van der Waals surface area (Å²) in [5.74, 6) is 0.762. The monoisotopic (exact) mass is 320 g/mol. The average Bonchev–Trinajstić information content (AvgIpc) is 2.56. The second kappa shape index (κ2) is 9.47. The lowest BCUT2D eigenvalue weighted by Crippen LogP contribution is -2.00. The Balaban J connectivity index is 1.69. The third-order valence-electron chi connectivity index (χ3n) is 4.78. The van der Waals surface area contributed by atoms with E-state index in [0.29, 0.717) is 0 Å². The van der Waals surface area contributed by atoms with Crippen LogP contribution in [0.4, 0.5) is 0 Å². The molecule has 0 fully saturated rings. The van der Waals surface area contributed by atoms with Gasteiger partial charge in [-0.15, -0.1) is 0 Å². The summed E-state index contributed by atoms with van der Waals surface area (Å²) >= 11 is 0. The lowest BCUT2D eigenvalue weighted by Gasteiger charge is -2.12. The van der Waals surface area contributed by atoms with E-state index in [1.165, 1.54) is 53.5 Å². The fraction of sp³-hybridized carbons (Fsp3) is 0.417. The highest BCUT2D eigenvalue weighted by atomic mass is 14.1. The van der Waals surface area contributed by atoms with Crippen molar-refractivity contribution in [3.63, 3.8) is 0 Å². The van der Waals surface area contributed by atoms with Gasteiger partial charge in [0, 0.05) is 0 Å². The van der Waals surface area contributed by atoms with Gasteiger partial charge in [-0.2, -0.15) is 0 Å². The maximum atomic E-state index is 2.40. The molecule has 24 heavy (non-hydrogen) atoms. The Labute approximate surface area is 148 Å². The van der Waals surface area contributed by atoms with Crippen LogP contribution in [-0.2, 0) is 12.8 Å². The molecule has 0 nitrogen and oxygen atoms in total. The summed E-state index contributed by atoms with van der Waals surface area (Å²) in [4.78, 5) is 0. The molecular weight excluding hydrogens is 288 g/mol. The van der Waals surface area contributed by atoms with Crippen molar-refractivity contribution in [2.24, 2.45) is 5.92 Å². The van der Waals surface area contributed by atoms with Gasteiger partial charge in [0.25, 0.3) is 0 Å². The smallest absolute Gasteiger partial charge is 0.00949 e. The van der Waals surface area contributed by atoms with E-state index in [9.17, 15) is 0 Å². The van der Waals surface area contributed by atoms with E-state index >= 15 is 0 Å². The lowest BCUT2D eigenvalue weighted by atomic mass is 9.94.